The van der Waals surface area contributed by atoms with Crippen LogP contribution < -0.4 is 0 Å². The molecule has 6 nitrogen and oxygen atoms in total. The van der Waals surface area contributed by atoms with Crippen molar-refractivity contribution in [3.8, 4) is 0 Å². The van der Waals surface area contributed by atoms with E-state index in [1.54, 1.807) is 0 Å². The summed E-state index contributed by atoms with van der Waals surface area (Å²) >= 11 is 0. The van der Waals surface area contributed by atoms with Crippen molar-refractivity contribution in [3.05, 3.63) is 30.1 Å². The first-order valence-corrected chi connectivity index (χ1v) is 9.36. The lowest BCUT2D eigenvalue weighted by Gasteiger charge is -2.36. The van der Waals surface area contributed by atoms with E-state index in [0.29, 0.717) is 12.0 Å². The van der Waals surface area contributed by atoms with Gasteiger partial charge in [-0.25, -0.2) is 4.98 Å². The predicted molar refractivity (Wildman–Crippen MR) is 94.0 cm³/mol. The molecule has 0 radical (unpaired) electrons. The van der Waals surface area contributed by atoms with E-state index in [-0.39, 0.29) is 12.0 Å². The van der Waals surface area contributed by atoms with Crippen LogP contribution in [0, 0.1) is 5.92 Å². The van der Waals surface area contributed by atoms with Crippen LogP contribution in [0.4, 0.5) is 0 Å². The first kappa shape index (κ1) is 15.3. The molecule has 5 rings (SSSR count). The third-order valence-electron chi connectivity index (χ3n) is 5.92. The molecule has 25 heavy (non-hydrogen) atoms. The number of aromatic amines is 1. The molecular formula is C19H24N4O2. The number of imidazole rings is 1. The highest BCUT2D eigenvalue weighted by Gasteiger charge is 2.45. The molecule has 3 saturated heterocycles. The second-order valence-corrected chi connectivity index (χ2v) is 7.52. The zero-order chi connectivity index (χ0) is 16.8. The Hall–Kier alpha value is -1.92. The van der Waals surface area contributed by atoms with E-state index in [0.717, 1.165) is 68.8 Å². The Balaban J connectivity index is 1.18. The van der Waals surface area contributed by atoms with Crippen LogP contribution in [0.5, 0.6) is 0 Å². The fraction of sp³-hybridized carbons (Fsp3) is 0.579. The maximum absolute atomic E-state index is 12.8. The molecule has 6 heteroatoms. The van der Waals surface area contributed by atoms with Gasteiger partial charge in [-0.1, -0.05) is 12.1 Å². The molecule has 0 unspecified atom stereocenters. The summed E-state index contributed by atoms with van der Waals surface area (Å²) in [5.41, 5.74) is 2.10. The van der Waals surface area contributed by atoms with Gasteiger partial charge in [0.25, 0.3) is 0 Å². The number of H-pyrrole nitrogens is 1. The number of nitrogens with one attached hydrogen (secondary N) is 1. The molecule has 3 aliphatic heterocycles. The second kappa shape index (κ2) is 6.11. The maximum Gasteiger partial charge on any atom is 0.228 e. The summed E-state index contributed by atoms with van der Waals surface area (Å²) in [6, 6.07) is 8.12. The Kier molecular flexibility index (Phi) is 3.75. The van der Waals surface area contributed by atoms with Gasteiger partial charge >= 0.3 is 0 Å². The van der Waals surface area contributed by atoms with Crippen LogP contribution >= 0.6 is 0 Å². The van der Waals surface area contributed by atoms with Crippen molar-refractivity contribution in [3.63, 3.8) is 0 Å². The molecule has 2 aromatic rings. The van der Waals surface area contributed by atoms with Gasteiger partial charge in [0.05, 0.1) is 35.7 Å². The van der Waals surface area contributed by atoms with Crippen molar-refractivity contribution >= 4 is 16.9 Å². The molecule has 132 valence electrons. The summed E-state index contributed by atoms with van der Waals surface area (Å²) in [6.07, 6.45) is 3.66. The van der Waals surface area contributed by atoms with E-state index in [1.807, 2.05) is 23.1 Å². The molecule has 1 amide bonds. The molecule has 0 saturated carbocycles. The van der Waals surface area contributed by atoms with Gasteiger partial charge in [0, 0.05) is 26.2 Å². The number of ether oxygens (including phenoxy) is 1. The molecule has 1 aromatic carbocycles. The monoisotopic (exact) mass is 340 g/mol. The molecular weight excluding hydrogens is 316 g/mol. The Labute approximate surface area is 147 Å². The average molecular weight is 340 g/mol. The van der Waals surface area contributed by atoms with Gasteiger partial charge in [0.1, 0.15) is 5.82 Å². The molecule has 2 bridgehead atoms. The quantitative estimate of drug-likeness (QED) is 0.925. The molecule has 3 aliphatic rings. The van der Waals surface area contributed by atoms with Gasteiger partial charge in [-0.2, -0.15) is 0 Å². The van der Waals surface area contributed by atoms with Crippen molar-refractivity contribution in [2.75, 3.05) is 26.2 Å². The fourth-order valence-corrected chi connectivity index (χ4v) is 4.55. The van der Waals surface area contributed by atoms with E-state index in [4.69, 9.17) is 4.74 Å². The average Bonchev–Trinajstić information content (AvgIpc) is 3.36. The topological polar surface area (TPSA) is 61.5 Å². The van der Waals surface area contributed by atoms with Gasteiger partial charge in [0.2, 0.25) is 5.91 Å². The molecule has 3 atom stereocenters. The van der Waals surface area contributed by atoms with Crippen molar-refractivity contribution < 1.29 is 9.53 Å². The lowest BCUT2D eigenvalue weighted by Crippen LogP contribution is -2.51. The number of aromatic nitrogens is 2. The smallest absolute Gasteiger partial charge is 0.228 e. The van der Waals surface area contributed by atoms with E-state index in [2.05, 4.69) is 20.9 Å². The molecule has 0 aliphatic carbocycles. The highest BCUT2D eigenvalue weighted by atomic mass is 16.5. The lowest BCUT2D eigenvalue weighted by molar-refractivity contribution is -0.139. The number of hydrogen-bond donors (Lipinski definition) is 1. The molecule has 3 fully saturated rings. The normalized spacial score (nSPS) is 29.6. The molecule has 0 spiro atoms. The van der Waals surface area contributed by atoms with Crippen LogP contribution in [-0.2, 0) is 16.1 Å². The van der Waals surface area contributed by atoms with Crippen LogP contribution in [0.3, 0.4) is 0 Å². The Morgan fingerprint density at radius 1 is 1.20 bits per heavy atom. The number of amides is 1. The standard InChI is InChI=1S/C19H24N4O2/c24-19(14-11-13-5-6-17(14)25-13)23-9-7-22(8-10-23)12-18-20-15-3-1-2-4-16(15)21-18/h1-4,13-14,17H,5-12H2,(H,20,21)/t13-,14-,17-/m0/s1. The minimum Gasteiger partial charge on any atom is -0.374 e. The molecule has 1 aromatic heterocycles. The number of carbonyl (C=O) groups excluding carboxylic acids is 1. The number of piperazine rings is 1. The summed E-state index contributed by atoms with van der Waals surface area (Å²) < 4.78 is 5.86. The van der Waals surface area contributed by atoms with Gasteiger partial charge in [-0.15, -0.1) is 0 Å². The highest BCUT2D eigenvalue weighted by Crippen LogP contribution is 2.39. The SMILES string of the molecule is O=C([C@H]1C[C@@H]2CC[C@@H]1O2)N1CCN(Cc2nc3ccccc3[nH]2)CC1. The summed E-state index contributed by atoms with van der Waals surface area (Å²) in [5.74, 6) is 1.43. The van der Waals surface area contributed by atoms with Crippen LogP contribution in [0.2, 0.25) is 0 Å². The number of para-hydroxylation sites is 2. The summed E-state index contributed by atoms with van der Waals surface area (Å²) in [7, 11) is 0. The highest BCUT2D eigenvalue weighted by molar-refractivity contribution is 5.80. The van der Waals surface area contributed by atoms with Gasteiger partial charge in [-0.3, -0.25) is 9.69 Å². The van der Waals surface area contributed by atoms with Crippen molar-refractivity contribution in [1.82, 2.24) is 19.8 Å². The van der Waals surface area contributed by atoms with Crippen LogP contribution in [-0.4, -0.2) is 64.1 Å². The molecule has 1 N–H and O–H groups in total. The van der Waals surface area contributed by atoms with Gasteiger partial charge in [0.15, 0.2) is 0 Å². The number of rotatable bonds is 3. The van der Waals surface area contributed by atoms with E-state index in [9.17, 15) is 4.79 Å². The fourth-order valence-electron chi connectivity index (χ4n) is 4.55. The lowest BCUT2D eigenvalue weighted by atomic mass is 9.88. The van der Waals surface area contributed by atoms with E-state index in [1.165, 1.54) is 0 Å². The third kappa shape index (κ3) is 2.83. The summed E-state index contributed by atoms with van der Waals surface area (Å²) in [6.45, 7) is 4.25. The molecule has 4 heterocycles. The zero-order valence-electron chi connectivity index (χ0n) is 14.4. The first-order valence-electron chi connectivity index (χ1n) is 9.36. The summed E-state index contributed by atoms with van der Waals surface area (Å²) in [4.78, 5) is 25.2. The second-order valence-electron chi connectivity index (χ2n) is 7.52. The van der Waals surface area contributed by atoms with Crippen LogP contribution in [0.1, 0.15) is 25.1 Å². The third-order valence-corrected chi connectivity index (χ3v) is 5.92. The number of hydrogen-bond acceptors (Lipinski definition) is 4. The van der Waals surface area contributed by atoms with Crippen molar-refractivity contribution in [1.29, 1.82) is 0 Å². The Bertz CT molecular complexity index is 748. The Morgan fingerprint density at radius 3 is 2.76 bits per heavy atom. The number of benzene rings is 1. The van der Waals surface area contributed by atoms with Crippen molar-refractivity contribution in [2.45, 2.75) is 38.0 Å². The minimum absolute atomic E-state index is 0.112. The first-order chi connectivity index (χ1) is 12.3. The van der Waals surface area contributed by atoms with E-state index >= 15 is 0 Å². The Morgan fingerprint density at radius 2 is 2.04 bits per heavy atom. The number of carbonyl (C=O) groups is 1. The van der Waals surface area contributed by atoms with Gasteiger partial charge < -0.3 is 14.6 Å². The van der Waals surface area contributed by atoms with E-state index < -0.39 is 0 Å². The van der Waals surface area contributed by atoms with Crippen LogP contribution in [0.15, 0.2) is 24.3 Å². The summed E-state index contributed by atoms with van der Waals surface area (Å²) in [5, 5.41) is 0. The predicted octanol–water partition coefficient (Wildman–Crippen LogP) is 1.77. The van der Waals surface area contributed by atoms with Crippen LogP contribution in [0.25, 0.3) is 11.0 Å². The van der Waals surface area contributed by atoms with Gasteiger partial charge in [-0.05, 0) is 31.4 Å². The maximum atomic E-state index is 12.8. The number of nitrogens with zero attached hydrogens (tertiary/aromatic N) is 3. The van der Waals surface area contributed by atoms with Crippen molar-refractivity contribution in [2.24, 2.45) is 5.92 Å². The zero-order valence-corrected chi connectivity index (χ0v) is 14.4. The largest absolute Gasteiger partial charge is 0.374 e. The number of fused-ring (bicyclic) bond motifs is 3. The minimum atomic E-state index is 0.112.